The van der Waals surface area contributed by atoms with Gasteiger partial charge in [0, 0.05) is 5.39 Å². The zero-order valence-corrected chi connectivity index (χ0v) is 17.7. The largest absolute Gasteiger partial charge is 0.462 e. The van der Waals surface area contributed by atoms with Gasteiger partial charge in [-0.2, -0.15) is 0 Å². The number of nitrogens with zero attached hydrogens (tertiary/aromatic N) is 2. The van der Waals surface area contributed by atoms with Gasteiger partial charge in [-0.25, -0.2) is 14.6 Å². The Balaban J connectivity index is 1.73. The number of fused-ring (bicyclic) bond motifs is 1. The Morgan fingerprint density at radius 2 is 1.97 bits per heavy atom. The van der Waals surface area contributed by atoms with Crippen molar-refractivity contribution in [1.29, 1.82) is 0 Å². The molecule has 2 heterocycles. The lowest BCUT2D eigenvalue weighted by atomic mass is 9.77. The summed E-state index contributed by atoms with van der Waals surface area (Å²) in [5.74, 6) is -0.159. The number of carbonyl (C=O) groups is 3. The number of urea groups is 1. The van der Waals surface area contributed by atoms with E-state index in [2.05, 4.69) is 17.2 Å². The molecule has 3 amide bonds. The number of hydrogen-bond acceptors (Lipinski definition) is 5. The second-order valence-electron chi connectivity index (χ2n) is 8.38. The van der Waals surface area contributed by atoms with Crippen molar-refractivity contribution < 1.29 is 19.1 Å². The van der Waals surface area contributed by atoms with Crippen LogP contribution in [0.25, 0.3) is 10.9 Å². The van der Waals surface area contributed by atoms with Crippen molar-refractivity contribution in [3.63, 3.8) is 0 Å². The van der Waals surface area contributed by atoms with Crippen LogP contribution in [0, 0.1) is 12.8 Å². The predicted molar refractivity (Wildman–Crippen MR) is 112 cm³/mol. The molecule has 2 fully saturated rings. The summed E-state index contributed by atoms with van der Waals surface area (Å²) in [6.07, 6.45) is 3.09. The molecule has 1 spiro atoms. The van der Waals surface area contributed by atoms with Gasteiger partial charge in [0.05, 0.1) is 29.9 Å². The molecule has 1 aliphatic heterocycles. The van der Waals surface area contributed by atoms with Crippen molar-refractivity contribution in [2.24, 2.45) is 5.92 Å². The first-order chi connectivity index (χ1) is 14.4. The third kappa shape index (κ3) is 3.32. The molecule has 1 saturated carbocycles. The molecule has 4 rings (SSSR count). The van der Waals surface area contributed by atoms with Gasteiger partial charge in [-0.1, -0.05) is 25.1 Å². The number of carbonyl (C=O) groups excluding carboxylic acids is 3. The summed E-state index contributed by atoms with van der Waals surface area (Å²) in [6.45, 7) is 5.93. The normalized spacial score (nSPS) is 23.8. The van der Waals surface area contributed by atoms with Gasteiger partial charge in [-0.15, -0.1) is 0 Å². The van der Waals surface area contributed by atoms with Crippen LogP contribution in [0.2, 0.25) is 0 Å². The van der Waals surface area contributed by atoms with E-state index in [1.807, 2.05) is 31.2 Å². The first kappa shape index (κ1) is 20.3. The van der Waals surface area contributed by atoms with Crippen LogP contribution in [0.5, 0.6) is 0 Å². The monoisotopic (exact) mass is 409 g/mol. The molecule has 1 N–H and O–H groups in total. The fourth-order valence-electron chi connectivity index (χ4n) is 4.59. The first-order valence-corrected chi connectivity index (χ1v) is 10.6. The van der Waals surface area contributed by atoms with E-state index < -0.39 is 17.5 Å². The maximum atomic E-state index is 13.3. The number of imide groups is 1. The maximum absolute atomic E-state index is 13.3. The molecule has 7 nitrogen and oxygen atoms in total. The van der Waals surface area contributed by atoms with E-state index in [4.69, 9.17) is 4.74 Å². The van der Waals surface area contributed by atoms with Gasteiger partial charge in [0.2, 0.25) is 0 Å². The van der Waals surface area contributed by atoms with Crippen molar-refractivity contribution in [2.45, 2.75) is 58.5 Å². The van der Waals surface area contributed by atoms with Gasteiger partial charge in [-0.3, -0.25) is 9.69 Å². The summed E-state index contributed by atoms with van der Waals surface area (Å²) in [5.41, 5.74) is 1.34. The number of aromatic nitrogens is 1. The van der Waals surface area contributed by atoms with Crippen molar-refractivity contribution >= 4 is 28.8 Å². The molecule has 2 aliphatic rings. The van der Waals surface area contributed by atoms with E-state index in [9.17, 15) is 14.4 Å². The highest BCUT2D eigenvalue weighted by atomic mass is 16.5. The van der Waals surface area contributed by atoms with Crippen LogP contribution >= 0.6 is 0 Å². The molecular formula is C23H27N3O4. The molecule has 0 unspecified atom stereocenters. The number of pyridine rings is 1. The summed E-state index contributed by atoms with van der Waals surface area (Å²) >= 11 is 0. The lowest BCUT2D eigenvalue weighted by Crippen LogP contribution is -2.49. The highest BCUT2D eigenvalue weighted by Gasteiger charge is 2.52. The number of para-hydroxylation sites is 1. The lowest BCUT2D eigenvalue weighted by molar-refractivity contribution is -0.133. The third-order valence-electron chi connectivity index (χ3n) is 6.39. The van der Waals surface area contributed by atoms with Gasteiger partial charge in [-0.05, 0) is 57.1 Å². The number of benzene rings is 1. The quantitative estimate of drug-likeness (QED) is 0.614. The summed E-state index contributed by atoms with van der Waals surface area (Å²) in [5, 5.41) is 3.78. The second-order valence-corrected chi connectivity index (χ2v) is 8.38. The van der Waals surface area contributed by atoms with E-state index in [1.54, 1.807) is 6.92 Å². The van der Waals surface area contributed by atoms with Crippen molar-refractivity contribution in [3.05, 3.63) is 41.1 Å². The second kappa shape index (κ2) is 7.70. The minimum atomic E-state index is -0.820. The topological polar surface area (TPSA) is 88.6 Å². The standard InChI is InChI=1S/C23H27N3O4/c1-4-30-20(27)19-15(3)16-7-5-6-8-17(16)24-18(19)13-26-21(28)23(25-22(26)29)11-9-14(2)10-12-23/h5-8,14H,4,9-13H2,1-3H3,(H,25,29). The highest BCUT2D eigenvalue weighted by Crippen LogP contribution is 2.37. The van der Waals surface area contributed by atoms with Crippen LogP contribution in [-0.4, -0.2) is 39.9 Å². The average molecular weight is 409 g/mol. The lowest BCUT2D eigenvalue weighted by Gasteiger charge is -2.33. The number of hydrogen-bond donors (Lipinski definition) is 1. The van der Waals surface area contributed by atoms with Crippen LogP contribution < -0.4 is 5.32 Å². The molecule has 158 valence electrons. The molecule has 0 bridgehead atoms. The number of amides is 3. The molecular weight excluding hydrogens is 382 g/mol. The Morgan fingerprint density at radius 3 is 2.67 bits per heavy atom. The minimum absolute atomic E-state index is 0.0538. The summed E-state index contributed by atoms with van der Waals surface area (Å²) < 4.78 is 5.26. The first-order valence-electron chi connectivity index (χ1n) is 10.6. The minimum Gasteiger partial charge on any atom is -0.462 e. The van der Waals surface area contributed by atoms with Gasteiger partial charge in [0.1, 0.15) is 5.54 Å². The van der Waals surface area contributed by atoms with Gasteiger partial charge >= 0.3 is 12.0 Å². The highest BCUT2D eigenvalue weighted by molar-refractivity contribution is 6.07. The van der Waals surface area contributed by atoms with Crippen LogP contribution in [0.1, 0.15) is 61.1 Å². The van der Waals surface area contributed by atoms with Crippen LogP contribution in [-0.2, 0) is 16.1 Å². The Hall–Kier alpha value is -2.96. The van der Waals surface area contributed by atoms with Crippen molar-refractivity contribution in [3.8, 4) is 0 Å². The zero-order chi connectivity index (χ0) is 21.5. The third-order valence-corrected chi connectivity index (χ3v) is 6.39. The Kier molecular flexibility index (Phi) is 5.22. The fourth-order valence-corrected chi connectivity index (χ4v) is 4.59. The molecule has 30 heavy (non-hydrogen) atoms. The molecule has 1 saturated heterocycles. The summed E-state index contributed by atoms with van der Waals surface area (Å²) in [6, 6.07) is 7.09. The molecule has 2 aromatic rings. The maximum Gasteiger partial charge on any atom is 0.340 e. The smallest absolute Gasteiger partial charge is 0.340 e. The number of aryl methyl sites for hydroxylation is 1. The van der Waals surface area contributed by atoms with Gasteiger partial charge < -0.3 is 10.1 Å². The van der Waals surface area contributed by atoms with E-state index in [1.165, 1.54) is 4.90 Å². The number of nitrogens with one attached hydrogen (secondary N) is 1. The van der Waals surface area contributed by atoms with Crippen molar-refractivity contribution in [1.82, 2.24) is 15.2 Å². The fraction of sp³-hybridized carbons (Fsp3) is 0.478. The van der Waals surface area contributed by atoms with E-state index >= 15 is 0 Å². The number of rotatable bonds is 4. The molecule has 0 radical (unpaired) electrons. The SMILES string of the molecule is CCOC(=O)c1c(CN2C(=O)NC3(CCC(C)CC3)C2=O)nc2ccccc2c1C. The van der Waals surface area contributed by atoms with Gasteiger partial charge in [0.15, 0.2) is 0 Å². The van der Waals surface area contributed by atoms with Gasteiger partial charge in [0.25, 0.3) is 5.91 Å². The summed E-state index contributed by atoms with van der Waals surface area (Å²) in [4.78, 5) is 44.6. The Bertz CT molecular complexity index is 1020. The van der Waals surface area contributed by atoms with E-state index in [0.29, 0.717) is 35.5 Å². The van der Waals surface area contributed by atoms with E-state index in [0.717, 1.165) is 23.8 Å². The molecule has 1 aromatic heterocycles. The molecule has 1 aromatic carbocycles. The Morgan fingerprint density at radius 1 is 1.27 bits per heavy atom. The molecule has 1 aliphatic carbocycles. The van der Waals surface area contributed by atoms with Crippen molar-refractivity contribution in [2.75, 3.05) is 6.61 Å². The molecule has 0 atom stereocenters. The van der Waals surface area contributed by atoms with Crippen LogP contribution in [0.15, 0.2) is 24.3 Å². The number of ether oxygens (including phenoxy) is 1. The predicted octanol–water partition coefficient (Wildman–Crippen LogP) is 3.72. The average Bonchev–Trinajstić information content (AvgIpc) is 2.95. The van der Waals surface area contributed by atoms with Crippen LogP contribution in [0.4, 0.5) is 4.79 Å². The molecule has 7 heteroatoms. The summed E-state index contributed by atoms with van der Waals surface area (Å²) in [7, 11) is 0. The Labute approximate surface area is 175 Å². The number of esters is 1. The van der Waals surface area contributed by atoms with Crippen LogP contribution in [0.3, 0.4) is 0 Å². The van der Waals surface area contributed by atoms with E-state index in [-0.39, 0.29) is 19.1 Å². The zero-order valence-electron chi connectivity index (χ0n) is 17.7.